The van der Waals surface area contributed by atoms with Crippen LogP contribution < -0.4 is 5.32 Å². The minimum Gasteiger partial charge on any atom is -0.351 e. The number of rotatable bonds is 7. The van der Waals surface area contributed by atoms with Crippen LogP contribution in [0.2, 0.25) is 0 Å². The molecular formula is C16H23N3O. The molecule has 0 aliphatic rings. The van der Waals surface area contributed by atoms with E-state index in [1.807, 2.05) is 26.8 Å². The third-order valence-corrected chi connectivity index (χ3v) is 3.59. The summed E-state index contributed by atoms with van der Waals surface area (Å²) >= 11 is 0. The van der Waals surface area contributed by atoms with Crippen LogP contribution in [-0.2, 0) is 11.3 Å². The molecule has 0 unspecified atom stereocenters. The van der Waals surface area contributed by atoms with Crippen molar-refractivity contribution in [1.82, 2.24) is 10.3 Å². The van der Waals surface area contributed by atoms with Gasteiger partial charge in [0.05, 0.1) is 6.07 Å². The fourth-order valence-electron chi connectivity index (χ4n) is 2.39. The first-order valence-electron chi connectivity index (χ1n) is 7.18. The van der Waals surface area contributed by atoms with Crippen molar-refractivity contribution < 1.29 is 4.79 Å². The van der Waals surface area contributed by atoms with E-state index < -0.39 is 5.41 Å². The Morgan fingerprint density at radius 3 is 2.55 bits per heavy atom. The van der Waals surface area contributed by atoms with Crippen molar-refractivity contribution in [2.45, 2.75) is 53.0 Å². The molecule has 0 atom stereocenters. The number of aromatic nitrogens is 1. The number of amides is 1. The lowest BCUT2D eigenvalue weighted by Crippen LogP contribution is -2.39. The van der Waals surface area contributed by atoms with Crippen LogP contribution in [0, 0.1) is 23.7 Å². The Morgan fingerprint density at radius 2 is 2.05 bits per heavy atom. The first-order chi connectivity index (χ1) is 9.59. The summed E-state index contributed by atoms with van der Waals surface area (Å²) in [4.78, 5) is 16.5. The minimum absolute atomic E-state index is 0.160. The fraction of sp³-hybridized carbons (Fsp3) is 0.562. The number of nitrogens with zero attached hydrogens (tertiary/aromatic N) is 2. The van der Waals surface area contributed by atoms with Crippen LogP contribution in [0.25, 0.3) is 0 Å². The van der Waals surface area contributed by atoms with Gasteiger partial charge in [0, 0.05) is 18.9 Å². The first kappa shape index (κ1) is 16.2. The lowest BCUT2D eigenvalue weighted by Gasteiger charge is -2.24. The van der Waals surface area contributed by atoms with Gasteiger partial charge in [-0.3, -0.25) is 9.78 Å². The summed E-state index contributed by atoms with van der Waals surface area (Å²) in [7, 11) is 0. The molecule has 1 aromatic rings. The molecule has 0 saturated heterocycles. The average Bonchev–Trinajstić information content (AvgIpc) is 2.45. The molecule has 108 valence electrons. The molecular weight excluding hydrogens is 250 g/mol. The maximum Gasteiger partial charge on any atom is 0.240 e. The van der Waals surface area contributed by atoms with E-state index in [4.69, 9.17) is 0 Å². The number of nitrogens with one attached hydrogen (secondary N) is 1. The maximum absolute atomic E-state index is 12.4. The third kappa shape index (κ3) is 3.80. The Kier molecular flexibility index (Phi) is 6.17. The predicted octanol–water partition coefficient (Wildman–Crippen LogP) is 3.12. The van der Waals surface area contributed by atoms with E-state index in [1.54, 1.807) is 12.4 Å². The van der Waals surface area contributed by atoms with Crippen LogP contribution in [0.5, 0.6) is 0 Å². The SMILES string of the molecule is CCCC(C#N)(CCC)C(=O)NCc1cnccc1C. The van der Waals surface area contributed by atoms with Crippen molar-refractivity contribution in [3.8, 4) is 6.07 Å². The standard InChI is InChI=1S/C16H23N3O/c1-4-7-16(12-17,8-5-2)15(20)19-11-14-10-18-9-6-13(14)3/h6,9-10H,4-5,7-8,11H2,1-3H3,(H,19,20). The van der Waals surface area contributed by atoms with Crippen molar-refractivity contribution >= 4 is 5.91 Å². The number of carbonyl (C=O) groups excluding carboxylic acids is 1. The lowest BCUT2D eigenvalue weighted by molar-refractivity contribution is -0.129. The molecule has 1 rings (SSSR count). The van der Waals surface area contributed by atoms with E-state index >= 15 is 0 Å². The molecule has 0 aromatic carbocycles. The van der Waals surface area contributed by atoms with Crippen molar-refractivity contribution in [3.05, 3.63) is 29.6 Å². The van der Waals surface area contributed by atoms with Gasteiger partial charge in [0.25, 0.3) is 0 Å². The highest BCUT2D eigenvalue weighted by Gasteiger charge is 2.36. The summed E-state index contributed by atoms with van der Waals surface area (Å²) in [6, 6.07) is 4.15. The lowest BCUT2D eigenvalue weighted by atomic mass is 9.79. The van der Waals surface area contributed by atoms with E-state index in [0.29, 0.717) is 19.4 Å². The molecule has 0 saturated carbocycles. The highest BCUT2D eigenvalue weighted by molar-refractivity contribution is 5.85. The predicted molar refractivity (Wildman–Crippen MR) is 78.7 cm³/mol. The van der Waals surface area contributed by atoms with Crippen molar-refractivity contribution in [2.24, 2.45) is 5.41 Å². The molecule has 1 heterocycles. The zero-order chi connectivity index (χ0) is 15.0. The second-order valence-corrected chi connectivity index (χ2v) is 5.18. The number of aryl methyl sites for hydroxylation is 1. The number of pyridine rings is 1. The van der Waals surface area contributed by atoms with E-state index in [1.165, 1.54) is 0 Å². The Bertz CT molecular complexity index is 485. The molecule has 1 aromatic heterocycles. The van der Waals surface area contributed by atoms with Gasteiger partial charge in [0.15, 0.2) is 0 Å². The third-order valence-electron chi connectivity index (χ3n) is 3.59. The molecule has 4 heteroatoms. The summed E-state index contributed by atoms with van der Waals surface area (Å²) in [5, 5.41) is 12.3. The van der Waals surface area contributed by atoms with Gasteiger partial charge in [-0.15, -0.1) is 0 Å². The zero-order valence-corrected chi connectivity index (χ0v) is 12.6. The Balaban J connectivity index is 2.77. The molecule has 0 aliphatic carbocycles. The van der Waals surface area contributed by atoms with Gasteiger partial charge in [-0.05, 0) is 37.0 Å². The van der Waals surface area contributed by atoms with Gasteiger partial charge in [-0.2, -0.15) is 5.26 Å². The minimum atomic E-state index is -0.889. The number of hydrogen-bond acceptors (Lipinski definition) is 3. The van der Waals surface area contributed by atoms with Crippen LogP contribution in [0.15, 0.2) is 18.5 Å². The molecule has 4 nitrogen and oxygen atoms in total. The summed E-state index contributed by atoms with van der Waals surface area (Å²) in [5.41, 5.74) is 1.19. The van der Waals surface area contributed by atoms with Crippen molar-refractivity contribution in [2.75, 3.05) is 0 Å². The maximum atomic E-state index is 12.4. The van der Waals surface area contributed by atoms with Gasteiger partial charge in [0.2, 0.25) is 5.91 Å². The Morgan fingerprint density at radius 1 is 1.40 bits per heavy atom. The van der Waals surface area contributed by atoms with Gasteiger partial charge < -0.3 is 5.32 Å². The Hall–Kier alpha value is -1.89. The quantitative estimate of drug-likeness (QED) is 0.830. The van der Waals surface area contributed by atoms with E-state index in [0.717, 1.165) is 24.0 Å². The van der Waals surface area contributed by atoms with Crippen LogP contribution in [-0.4, -0.2) is 10.9 Å². The van der Waals surface area contributed by atoms with Crippen LogP contribution >= 0.6 is 0 Å². The molecule has 0 spiro atoms. The highest BCUT2D eigenvalue weighted by Crippen LogP contribution is 2.29. The first-order valence-corrected chi connectivity index (χ1v) is 7.18. The van der Waals surface area contributed by atoms with Gasteiger partial charge in [0.1, 0.15) is 5.41 Å². The van der Waals surface area contributed by atoms with Gasteiger partial charge >= 0.3 is 0 Å². The molecule has 0 aliphatic heterocycles. The van der Waals surface area contributed by atoms with E-state index in [-0.39, 0.29) is 5.91 Å². The molecule has 1 N–H and O–H groups in total. The zero-order valence-electron chi connectivity index (χ0n) is 12.6. The smallest absolute Gasteiger partial charge is 0.240 e. The molecule has 0 bridgehead atoms. The molecule has 20 heavy (non-hydrogen) atoms. The second kappa shape index (κ2) is 7.64. The van der Waals surface area contributed by atoms with Crippen LogP contribution in [0.3, 0.4) is 0 Å². The van der Waals surface area contributed by atoms with E-state index in [2.05, 4.69) is 16.4 Å². The van der Waals surface area contributed by atoms with Crippen LogP contribution in [0.4, 0.5) is 0 Å². The second-order valence-electron chi connectivity index (χ2n) is 5.18. The normalized spacial score (nSPS) is 10.9. The average molecular weight is 273 g/mol. The summed E-state index contributed by atoms with van der Waals surface area (Å²) < 4.78 is 0. The van der Waals surface area contributed by atoms with E-state index in [9.17, 15) is 10.1 Å². The number of hydrogen-bond donors (Lipinski definition) is 1. The highest BCUT2D eigenvalue weighted by atomic mass is 16.2. The number of carbonyl (C=O) groups is 1. The fourth-order valence-corrected chi connectivity index (χ4v) is 2.39. The topological polar surface area (TPSA) is 65.8 Å². The summed E-state index contributed by atoms with van der Waals surface area (Å²) in [6.07, 6.45) is 6.35. The monoisotopic (exact) mass is 273 g/mol. The number of nitriles is 1. The summed E-state index contributed by atoms with van der Waals surface area (Å²) in [6.45, 7) is 6.41. The van der Waals surface area contributed by atoms with Gasteiger partial charge in [-0.1, -0.05) is 26.7 Å². The Labute approximate surface area is 121 Å². The largest absolute Gasteiger partial charge is 0.351 e. The van der Waals surface area contributed by atoms with Crippen LogP contribution in [0.1, 0.15) is 50.7 Å². The molecule has 1 amide bonds. The molecule has 0 fully saturated rings. The molecule has 0 radical (unpaired) electrons. The van der Waals surface area contributed by atoms with Gasteiger partial charge in [-0.25, -0.2) is 0 Å². The van der Waals surface area contributed by atoms with Crippen molar-refractivity contribution in [3.63, 3.8) is 0 Å². The van der Waals surface area contributed by atoms with Crippen molar-refractivity contribution in [1.29, 1.82) is 5.26 Å². The summed E-state index contributed by atoms with van der Waals surface area (Å²) in [5.74, 6) is -0.160.